The number of pyridine rings is 1. The number of aryl methyl sites for hydroxylation is 1. The summed E-state index contributed by atoms with van der Waals surface area (Å²) in [6.07, 6.45) is 1.44. The Morgan fingerprint density at radius 3 is 2.57 bits per heavy atom. The molecule has 3 aromatic rings. The standard InChI is InChI=1S/C21H18N6O3/c1-13-24-20(30-26-13)17-11-14-9-16(23-2)10-15(12-22)18(14)25-19(17)27-5-3-21(4-6-27)28-7-8-29-21/h9-11H,3-8H2,1H3. The zero-order valence-electron chi connectivity index (χ0n) is 16.4. The van der Waals surface area contributed by atoms with E-state index in [1.165, 1.54) is 0 Å². The first-order valence-electron chi connectivity index (χ1n) is 9.71. The molecule has 0 amide bonds. The van der Waals surface area contributed by atoms with Crippen molar-refractivity contribution in [2.45, 2.75) is 25.6 Å². The Bertz CT molecular complexity index is 1210. The van der Waals surface area contributed by atoms with Crippen LogP contribution < -0.4 is 4.90 Å². The van der Waals surface area contributed by atoms with E-state index in [1.54, 1.807) is 19.1 Å². The van der Waals surface area contributed by atoms with E-state index in [1.807, 2.05) is 6.07 Å². The first kappa shape index (κ1) is 18.5. The van der Waals surface area contributed by atoms with Crippen molar-refractivity contribution in [3.63, 3.8) is 0 Å². The number of nitriles is 1. The van der Waals surface area contributed by atoms with Crippen molar-refractivity contribution >= 4 is 22.4 Å². The highest BCUT2D eigenvalue weighted by Gasteiger charge is 2.40. The zero-order chi connectivity index (χ0) is 20.7. The Labute approximate surface area is 172 Å². The number of ether oxygens (including phenoxy) is 2. The van der Waals surface area contributed by atoms with Crippen LogP contribution in [0.5, 0.6) is 0 Å². The Hall–Kier alpha value is -3.53. The molecule has 9 nitrogen and oxygen atoms in total. The Balaban J connectivity index is 1.64. The van der Waals surface area contributed by atoms with Crippen molar-refractivity contribution < 1.29 is 14.0 Å². The van der Waals surface area contributed by atoms with Gasteiger partial charge >= 0.3 is 0 Å². The van der Waals surface area contributed by atoms with Crippen LogP contribution in [0.1, 0.15) is 24.2 Å². The maximum atomic E-state index is 9.61. The van der Waals surface area contributed by atoms with E-state index in [4.69, 9.17) is 25.6 Å². The average molecular weight is 402 g/mol. The second-order valence-electron chi connectivity index (χ2n) is 7.39. The molecule has 2 aliphatic heterocycles. The lowest BCUT2D eigenvalue weighted by atomic mass is 10.0. The zero-order valence-corrected chi connectivity index (χ0v) is 16.4. The summed E-state index contributed by atoms with van der Waals surface area (Å²) in [6.45, 7) is 11.7. The molecule has 2 saturated heterocycles. The van der Waals surface area contributed by atoms with E-state index in [0.717, 1.165) is 12.8 Å². The fraction of sp³-hybridized carbons (Fsp3) is 0.381. The van der Waals surface area contributed by atoms with Crippen molar-refractivity contribution in [2.24, 2.45) is 0 Å². The molecule has 5 rings (SSSR count). The molecule has 0 unspecified atom stereocenters. The number of aromatic nitrogens is 3. The topological polar surface area (TPSA) is 102 Å². The third-order valence-electron chi connectivity index (χ3n) is 5.53. The number of rotatable bonds is 2. The number of fused-ring (bicyclic) bond motifs is 1. The number of anilines is 1. The lowest BCUT2D eigenvalue weighted by Gasteiger charge is -2.38. The van der Waals surface area contributed by atoms with E-state index in [2.05, 4.69) is 26.0 Å². The molecule has 0 aliphatic carbocycles. The minimum Gasteiger partial charge on any atom is -0.356 e. The van der Waals surface area contributed by atoms with E-state index >= 15 is 0 Å². The average Bonchev–Trinajstić information content (AvgIpc) is 3.42. The van der Waals surface area contributed by atoms with Crippen LogP contribution in [0.15, 0.2) is 22.7 Å². The van der Waals surface area contributed by atoms with Gasteiger partial charge in [0.2, 0.25) is 0 Å². The van der Waals surface area contributed by atoms with Gasteiger partial charge in [-0.05, 0) is 30.5 Å². The van der Waals surface area contributed by atoms with E-state index in [9.17, 15) is 5.26 Å². The Morgan fingerprint density at radius 2 is 1.93 bits per heavy atom. The van der Waals surface area contributed by atoms with Crippen LogP contribution in [0.3, 0.4) is 0 Å². The van der Waals surface area contributed by atoms with Crippen molar-refractivity contribution in [1.82, 2.24) is 15.1 Å². The van der Waals surface area contributed by atoms with E-state index in [0.29, 0.717) is 71.6 Å². The second kappa shape index (κ2) is 7.06. The van der Waals surface area contributed by atoms with Gasteiger partial charge in [0.1, 0.15) is 11.9 Å². The summed E-state index contributed by atoms with van der Waals surface area (Å²) in [7, 11) is 0. The number of hydrogen-bond acceptors (Lipinski definition) is 8. The predicted octanol–water partition coefficient (Wildman–Crippen LogP) is 3.36. The molecule has 2 aliphatic rings. The SMILES string of the molecule is [C-]#[N+]c1cc(C#N)c2nc(N3CCC4(CC3)OCCO4)c(-c3nc(C)no3)cc2c1. The van der Waals surface area contributed by atoms with Crippen LogP contribution in [0.25, 0.3) is 27.2 Å². The predicted molar refractivity (Wildman–Crippen MR) is 107 cm³/mol. The molecule has 0 atom stereocenters. The molecular formula is C21H18N6O3. The molecule has 2 fully saturated rings. The molecule has 0 bridgehead atoms. The van der Waals surface area contributed by atoms with Gasteiger partial charge in [0.25, 0.3) is 5.89 Å². The lowest BCUT2D eigenvalue weighted by Crippen LogP contribution is -2.45. The lowest BCUT2D eigenvalue weighted by molar-refractivity contribution is -0.169. The van der Waals surface area contributed by atoms with Gasteiger partial charge in [-0.2, -0.15) is 10.2 Å². The summed E-state index contributed by atoms with van der Waals surface area (Å²) >= 11 is 0. The van der Waals surface area contributed by atoms with Gasteiger partial charge < -0.3 is 18.9 Å². The van der Waals surface area contributed by atoms with Crippen LogP contribution in [0.2, 0.25) is 0 Å². The Morgan fingerprint density at radius 1 is 1.17 bits per heavy atom. The van der Waals surface area contributed by atoms with Crippen molar-refractivity contribution in [3.8, 4) is 17.5 Å². The molecule has 1 aromatic carbocycles. The molecule has 4 heterocycles. The van der Waals surface area contributed by atoms with E-state index in [-0.39, 0.29) is 0 Å². The third-order valence-corrected chi connectivity index (χ3v) is 5.53. The summed E-state index contributed by atoms with van der Waals surface area (Å²) in [5, 5.41) is 14.2. The van der Waals surface area contributed by atoms with Crippen molar-refractivity contribution in [1.29, 1.82) is 5.26 Å². The molecule has 150 valence electrons. The maximum Gasteiger partial charge on any atom is 0.261 e. The van der Waals surface area contributed by atoms with Crippen LogP contribution in [-0.4, -0.2) is 47.2 Å². The van der Waals surface area contributed by atoms with Crippen LogP contribution in [0.4, 0.5) is 11.5 Å². The summed E-state index contributed by atoms with van der Waals surface area (Å²) in [6, 6.07) is 7.31. The van der Waals surface area contributed by atoms with Gasteiger partial charge in [-0.15, -0.1) is 0 Å². The monoisotopic (exact) mass is 402 g/mol. The molecular weight excluding hydrogens is 384 g/mol. The normalized spacial score (nSPS) is 17.9. The number of hydrogen-bond donors (Lipinski definition) is 0. The number of benzene rings is 1. The number of nitrogens with zero attached hydrogens (tertiary/aromatic N) is 6. The van der Waals surface area contributed by atoms with E-state index < -0.39 is 5.79 Å². The highest BCUT2D eigenvalue weighted by atomic mass is 16.7. The largest absolute Gasteiger partial charge is 0.356 e. The van der Waals surface area contributed by atoms with Gasteiger partial charge in [0, 0.05) is 25.9 Å². The fourth-order valence-electron chi connectivity index (χ4n) is 4.06. The molecule has 30 heavy (non-hydrogen) atoms. The van der Waals surface area contributed by atoms with Gasteiger partial charge in [-0.1, -0.05) is 5.16 Å². The minimum absolute atomic E-state index is 0.359. The van der Waals surface area contributed by atoms with Crippen LogP contribution in [0, 0.1) is 24.8 Å². The molecule has 2 aromatic heterocycles. The second-order valence-corrected chi connectivity index (χ2v) is 7.39. The van der Waals surface area contributed by atoms with Gasteiger partial charge in [0.15, 0.2) is 17.3 Å². The third kappa shape index (κ3) is 3.05. The maximum absolute atomic E-state index is 9.61. The molecule has 0 saturated carbocycles. The van der Waals surface area contributed by atoms with Gasteiger partial charge in [-0.3, -0.25) is 0 Å². The summed E-state index contributed by atoms with van der Waals surface area (Å²) in [4.78, 5) is 14.8. The van der Waals surface area contributed by atoms with Crippen molar-refractivity contribution in [3.05, 3.63) is 41.0 Å². The first-order valence-corrected chi connectivity index (χ1v) is 9.71. The molecule has 1 spiro atoms. The minimum atomic E-state index is -0.503. The quantitative estimate of drug-likeness (QED) is 0.602. The van der Waals surface area contributed by atoms with Crippen LogP contribution in [-0.2, 0) is 9.47 Å². The van der Waals surface area contributed by atoms with Crippen molar-refractivity contribution in [2.75, 3.05) is 31.2 Å². The number of piperidine rings is 1. The smallest absolute Gasteiger partial charge is 0.261 e. The molecule has 9 heteroatoms. The highest BCUT2D eigenvalue weighted by molar-refractivity contribution is 5.93. The van der Waals surface area contributed by atoms with Crippen LogP contribution >= 0.6 is 0 Å². The first-order chi connectivity index (χ1) is 14.6. The highest BCUT2D eigenvalue weighted by Crippen LogP contribution is 2.38. The summed E-state index contributed by atoms with van der Waals surface area (Å²) < 4.78 is 17.1. The summed E-state index contributed by atoms with van der Waals surface area (Å²) in [5.41, 5.74) is 1.98. The fourth-order valence-corrected chi connectivity index (χ4v) is 4.06. The molecule has 0 radical (unpaired) electrons. The van der Waals surface area contributed by atoms with Gasteiger partial charge in [-0.25, -0.2) is 9.83 Å². The van der Waals surface area contributed by atoms with Gasteiger partial charge in [0.05, 0.1) is 36.4 Å². The molecule has 0 N–H and O–H groups in total. The summed E-state index contributed by atoms with van der Waals surface area (Å²) in [5.74, 6) is 1.05. The Kier molecular flexibility index (Phi) is 4.35.